The first-order valence-corrected chi connectivity index (χ1v) is 6.92. The van der Waals surface area contributed by atoms with E-state index in [1.54, 1.807) is 6.92 Å². The van der Waals surface area contributed by atoms with E-state index in [0.29, 0.717) is 0 Å². The van der Waals surface area contributed by atoms with Crippen LogP contribution in [0.4, 0.5) is 0 Å². The van der Waals surface area contributed by atoms with Gasteiger partial charge in [0.15, 0.2) is 5.69 Å². The average molecular weight is 275 g/mol. The molecule has 1 heterocycles. The molecular formula is C15H17NO2S. The summed E-state index contributed by atoms with van der Waals surface area (Å²) in [5.41, 5.74) is 2.49. The second kappa shape index (κ2) is 4.78. The van der Waals surface area contributed by atoms with Gasteiger partial charge in [0, 0.05) is 10.4 Å². The van der Waals surface area contributed by atoms with Crippen LogP contribution in [0.25, 0.3) is 10.6 Å². The quantitative estimate of drug-likeness (QED) is 0.897. The van der Waals surface area contributed by atoms with Crippen molar-refractivity contribution in [3.05, 3.63) is 40.4 Å². The highest BCUT2D eigenvalue weighted by molar-refractivity contribution is 7.15. The molecule has 19 heavy (non-hydrogen) atoms. The Labute approximate surface area is 116 Å². The summed E-state index contributed by atoms with van der Waals surface area (Å²) >= 11 is 1.42. The standard InChI is InChI=1S/C15H17NO2S/c1-9-12(14(17)18)16-13(19-9)10-5-7-11(8-6-10)15(2,3)4/h5-8H,1-4H3,(H,17,18). The van der Waals surface area contributed by atoms with Crippen LogP contribution in [0.3, 0.4) is 0 Å². The number of hydrogen-bond donors (Lipinski definition) is 1. The van der Waals surface area contributed by atoms with Gasteiger partial charge in [-0.15, -0.1) is 11.3 Å². The molecule has 0 aliphatic carbocycles. The Kier molecular flexibility index (Phi) is 3.45. The predicted octanol–water partition coefficient (Wildman–Crippen LogP) is 4.11. The molecule has 100 valence electrons. The van der Waals surface area contributed by atoms with E-state index >= 15 is 0 Å². The van der Waals surface area contributed by atoms with Gasteiger partial charge in [-0.3, -0.25) is 0 Å². The number of rotatable bonds is 2. The van der Waals surface area contributed by atoms with Crippen LogP contribution in [0.2, 0.25) is 0 Å². The Morgan fingerprint density at radius 1 is 1.21 bits per heavy atom. The maximum atomic E-state index is 11.0. The molecule has 0 aliphatic heterocycles. The van der Waals surface area contributed by atoms with Crippen LogP contribution >= 0.6 is 11.3 Å². The summed E-state index contributed by atoms with van der Waals surface area (Å²) in [7, 11) is 0. The normalized spacial score (nSPS) is 11.6. The van der Waals surface area contributed by atoms with E-state index in [4.69, 9.17) is 5.11 Å². The van der Waals surface area contributed by atoms with E-state index in [0.717, 1.165) is 15.4 Å². The molecule has 0 bridgehead atoms. The fourth-order valence-corrected chi connectivity index (χ4v) is 2.74. The van der Waals surface area contributed by atoms with Crippen molar-refractivity contribution in [2.24, 2.45) is 0 Å². The largest absolute Gasteiger partial charge is 0.476 e. The van der Waals surface area contributed by atoms with Crippen LogP contribution in [0.1, 0.15) is 41.7 Å². The summed E-state index contributed by atoms with van der Waals surface area (Å²) in [6.07, 6.45) is 0. The third kappa shape index (κ3) is 2.84. The van der Waals surface area contributed by atoms with E-state index in [9.17, 15) is 4.79 Å². The van der Waals surface area contributed by atoms with Gasteiger partial charge in [0.1, 0.15) is 5.01 Å². The molecule has 4 heteroatoms. The van der Waals surface area contributed by atoms with Crippen molar-refractivity contribution in [2.45, 2.75) is 33.1 Å². The lowest BCUT2D eigenvalue weighted by atomic mass is 9.87. The summed E-state index contributed by atoms with van der Waals surface area (Å²) < 4.78 is 0. The molecule has 0 amide bonds. The molecule has 0 atom stereocenters. The summed E-state index contributed by atoms with van der Waals surface area (Å²) in [6, 6.07) is 8.16. The van der Waals surface area contributed by atoms with Gasteiger partial charge in [-0.2, -0.15) is 0 Å². The first kappa shape index (κ1) is 13.7. The summed E-state index contributed by atoms with van der Waals surface area (Å²) in [6.45, 7) is 8.28. The molecule has 0 saturated heterocycles. The number of aromatic carboxylic acids is 1. The van der Waals surface area contributed by atoms with Crippen molar-refractivity contribution >= 4 is 17.3 Å². The Morgan fingerprint density at radius 3 is 2.21 bits per heavy atom. The molecular weight excluding hydrogens is 258 g/mol. The van der Waals surface area contributed by atoms with Gasteiger partial charge >= 0.3 is 5.97 Å². The highest BCUT2D eigenvalue weighted by atomic mass is 32.1. The molecule has 0 aliphatic rings. The SMILES string of the molecule is Cc1sc(-c2ccc(C(C)(C)C)cc2)nc1C(=O)O. The minimum absolute atomic E-state index is 0.115. The topological polar surface area (TPSA) is 50.2 Å². The maximum absolute atomic E-state index is 11.0. The third-order valence-corrected chi connectivity index (χ3v) is 4.02. The smallest absolute Gasteiger partial charge is 0.355 e. The Morgan fingerprint density at radius 2 is 1.79 bits per heavy atom. The predicted molar refractivity (Wildman–Crippen MR) is 77.9 cm³/mol. The van der Waals surface area contributed by atoms with Crippen LogP contribution < -0.4 is 0 Å². The lowest BCUT2D eigenvalue weighted by Gasteiger charge is -2.18. The summed E-state index contributed by atoms with van der Waals surface area (Å²) in [5.74, 6) is -0.966. The molecule has 0 radical (unpaired) electrons. The zero-order valence-electron chi connectivity index (χ0n) is 11.5. The Hall–Kier alpha value is -1.68. The van der Waals surface area contributed by atoms with Crippen LogP contribution in [0.15, 0.2) is 24.3 Å². The van der Waals surface area contributed by atoms with E-state index < -0.39 is 5.97 Å². The molecule has 0 unspecified atom stereocenters. The minimum atomic E-state index is -0.966. The number of carbonyl (C=O) groups is 1. The van der Waals surface area contributed by atoms with Crippen LogP contribution in [0.5, 0.6) is 0 Å². The number of aryl methyl sites for hydroxylation is 1. The second-order valence-electron chi connectivity index (χ2n) is 5.56. The third-order valence-electron chi connectivity index (χ3n) is 3.00. The zero-order chi connectivity index (χ0) is 14.2. The fourth-order valence-electron chi connectivity index (χ4n) is 1.83. The molecule has 3 nitrogen and oxygen atoms in total. The molecule has 1 aromatic carbocycles. The maximum Gasteiger partial charge on any atom is 0.355 e. The van der Waals surface area contributed by atoms with Crippen molar-refractivity contribution in [1.82, 2.24) is 4.98 Å². The molecule has 2 rings (SSSR count). The average Bonchev–Trinajstić information content (AvgIpc) is 2.70. The Bertz CT molecular complexity index is 606. The number of thiazole rings is 1. The number of carboxylic acids is 1. The van der Waals surface area contributed by atoms with Crippen molar-refractivity contribution in [3.8, 4) is 10.6 Å². The zero-order valence-corrected chi connectivity index (χ0v) is 12.3. The van der Waals surface area contributed by atoms with E-state index in [-0.39, 0.29) is 11.1 Å². The lowest BCUT2D eigenvalue weighted by Crippen LogP contribution is -2.10. The van der Waals surface area contributed by atoms with Gasteiger partial charge in [0.2, 0.25) is 0 Å². The summed E-state index contributed by atoms with van der Waals surface area (Å²) in [5, 5.41) is 9.78. The Balaban J connectivity index is 2.38. The van der Waals surface area contributed by atoms with Crippen LogP contribution in [0, 0.1) is 6.92 Å². The molecule has 0 saturated carbocycles. The lowest BCUT2D eigenvalue weighted by molar-refractivity contribution is 0.0690. The highest BCUT2D eigenvalue weighted by Crippen LogP contribution is 2.30. The van der Waals surface area contributed by atoms with Crippen molar-refractivity contribution in [1.29, 1.82) is 0 Å². The van der Waals surface area contributed by atoms with Crippen molar-refractivity contribution < 1.29 is 9.90 Å². The monoisotopic (exact) mass is 275 g/mol. The molecule has 0 spiro atoms. The molecule has 1 N–H and O–H groups in total. The number of nitrogens with zero attached hydrogens (tertiary/aromatic N) is 1. The second-order valence-corrected chi connectivity index (χ2v) is 6.76. The van der Waals surface area contributed by atoms with Crippen molar-refractivity contribution in [3.63, 3.8) is 0 Å². The van der Waals surface area contributed by atoms with Crippen molar-refractivity contribution in [2.75, 3.05) is 0 Å². The first-order valence-electron chi connectivity index (χ1n) is 6.10. The van der Waals surface area contributed by atoms with Gasteiger partial charge in [-0.05, 0) is 17.9 Å². The fraction of sp³-hybridized carbons (Fsp3) is 0.333. The van der Waals surface area contributed by atoms with Crippen LogP contribution in [-0.2, 0) is 5.41 Å². The summed E-state index contributed by atoms with van der Waals surface area (Å²) in [4.78, 5) is 15.9. The van der Waals surface area contributed by atoms with Gasteiger partial charge in [0.25, 0.3) is 0 Å². The van der Waals surface area contributed by atoms with Gasteiger partial charge in [0.05, 0.1) is 0 Å². The van der Waals surface area contributed by atoms with E-state index in [1.807, 2.05) is 12.1 Å². The molecule has 2 aromatic rings. The van der Waals surface area contributed by atoms with E-state index in [2.05, 4.69) is 37.9 Å². The number of carboxylic acid groups (broad SMARTS) is 1. The van der Waals surface area contributed by atoms with Crippen LogP contribution in [-0.4, -0.2) is 16.1 Å². The number of aromatic nitrogens is 1. The molecule has 1 aromatic heterocycles. The van der Waals surface area contributed by atoms with Gasteiger partial charge in [-0.25, -0.2) is 9.78 Å². The number of hydrogen-bond acceptors (Lipinski definition) is 3. The first-order chi connectivity index (χ1) is 8.79. The molecule has 0 fully saturated rings. The number of benzene rings is 1. The highest BCUT2D eigenvalue weighted by Gasteiger charge is 2.16. The minimum Gasteiger partial charge on any atom is -0.476 e. The van der Waals surface area contributed by atoms with Gasteiger partial charge < -0.3 is 5.11 Å². The van der Waals surface area contributed by atoms with Gasteiger partial charge in [-0.1, -0.05) is 45.0 Å². The van der Waals surface area contributed by atoms with E-state index in [1.165, 1.54) is 16.9 Å².